The van der Waals surface area contributed by atoms with Gasteiger partial charge in [0, 0.05) is 38.8 Å². The maximum absolute atomic E-state index is 5.76. The Bertz CT molecular complexity index is 242. The number of nitrogens with zero attached hydrogens (tertiary/aromatic N) is 1. The quantitative estimate of drug-likeness (QED) is 0.749. The minimum atomic E-state index is -0.0240. The Kier molecular flexibility index (Phi) is 4.42. The van der Waals surface area contributed by atoms with Gasteiger partial charge >= 0.3 is 0 Å². The van der Waals surface area contributed by atoms with Crippen molar-refractivity contribution < 1.29 is 9.47 Å². The van der Waals surface area contributed by atoms with E-state index >= 15 is 0 Å². The molecule has 1 aliphatic carbocycles. The summed E-state index contributed by atoms with van der Waals surface area (Å²) in [5, 5.41) is 3.60. The number of methoxy groups -OCH3 is 1. The van der Waals surface area contributed by atoms with Gasteiger partial charge in [-0.25, -0.2) is 0 Å². The number of rotatable bonds is 6. The van der Waals surface area contributed by atoms with Crippen LogP contribution in [0.25, 0.3) is 0 Å². The Labute approximate surface area is 105 Å². The number of hydrogen-bond donors (Lipinski definition) is 1. The van der Waals surface area contributed by atoms with Crippen LogP contribution in [0, 0.1) is 0 Å². The zero-order valence-corrected chi connectivity index (χ0v) is 11.4. The molecule has 1 atom stereocenters. The Morgan fingerprint density at radius 1 is 1.47 bits per heavy atom. The Hall–Kier alpha value is -0.160. The lowest BCUT2D eigenvalue weighted by atomic mass is 10.1. The lowest BCUT2D eigenvalue weighted by molar-refractivity contribution is -0.103. The smallest absolute Gasteiger partial charge is 0.0753 e. The fourth-order valence-corrected chi connectivity index (χ4v) is 2.44. The minimum Gasteiger partial charge on any atom is -0.383 e. The van der Waals surface area contributed by atoms with Gasteiger partial charge in [0.05, 0.1) is 18.8 Å². The normalized spacial score (nSPS) is 27.0. The van der Waals surface area contributed by atoms with Crippen LogP contribution < -0.4 is 5.32 Å². The van der Waals surface area contributed by atoms with Gasteiger partial charge in [-0.3, -0.25) is 4.90 Å². The highest BCUT2D eigenvalue weighted by Gasteiger charge is 2.32. The third kappa shape index (κ3) is 4.21. The average molecular weight is 242 g/mol. The average Bonchev–Trinajstić information content (AvgIpc) is 3.06. The molecule has 4 nitrogen and oxygen atoms in total. The van der Waals surface area contributed by atoms with Crippen molar-refractivity contribution in [1.29, 1.82) is 0 Å². The first-order valence-electron chi connectivity index (χ1n) is 6.71. The lowest BCUT2D eigenvalue weighted by Crippen LogP contribution is -2.56. The van der Waals surface area contributed by atoms with E-state index in [2.05, 4.69) is 24.1 Å². The van der Waals surface area contributed by atoms with Crippen molar-refractivity contribution in [3.05, 3.63) is 0 Å². The summed E-state index contributed by atoms with van der Waals surface area (Å²) in [6.07, 6.45) is 2.68. The van der Waals surface area contributed by atoms with Gasteiger partial charge in [-0.05, 0) is 26.7 Å². The first kappa shape index (κ1) is 13.3. The van der Waals surface area contributed by atoms with Gasteiger partial charge in [-0.15, -0.1) is 0 Å². The summed E-state index contributed by atoms with van der Waals surface area (Å²) in [5.74, 6) is 0. The number of nitrogens with one attached hydrogen (secondary N) is 1. The molecule has 0 aromatic heterocycles. The summed E-state index contributed by atoms with van der Waals surface area (Å²) >= 11 is 0. The van der Waals surface area contributed by atoms with Gasteiger partial charge in [-0.1, -0.05) is 0 Å². The van der Waals surface area contributed by atoms with Crippen molar-refractivity contribution in [3.63, 3.8) is 0 Å². The molecule has 17 heavy (non-hydrogen) atoms. The van der Waals surface area contributed by atoms with Gasteiger partial charge in [-0.2, -0.15) is 0 Å². The summed E-state index contributed by atoms with van der Waals surface area (Å²) in [7, 11) is 1.79. The lowest BCUT2D eigenvalue weighted by Gasteiger charge is -2.42. The highest BCUT2D eigenvalue weighted by Crippen LogP contribution is 2.21. The van der Waals surface area contributed by atoms with Crippen LogP contribution >= 0.6 is 0 Å². The van der Waals surface area contributed by atoms with E-state index in [9.17, 15) is 0 Å². The summed E-state index contributed by atoms with van der Waals surface area (Å²) in [4.78, 5) is 2.50. The van der Waals surface area contributed by atoms with Crippen LogP contribution in [0.15, 0.2) is 0 Å². The summed E-state index contributed by atoms with van der Waals surface area (Å²) in [6, 6.07) is 1.24. The fourth-order valence-electron chi connectivity index (χ4n) is 2.44. The van der Waals surface area contributed by atoms with Crippen molar-refractivity contribution in [2.75, 3.05) is 40.0 Å². The van der Waals surface area contributed by atoms with Crippen molar-refractivity contribution >= 4 is 0 Å². The second-order valence-corrected chi connectivity index (χ2v) is 5.87. The first-order valence-corrected chi connectivity index (χ1v) is 6.71. The maximum atomic E-state index is 5.76. The SMILES string of the molecule is COCC(CNC1CC1)N1CCOC(C)(C)C1. The van der Waals surface area contributed by atoms with Crippen LogP contribution in [0.1, 0.15) is 26.7 Å². The van der Waals surface area contributed by atoms with E-state index < -0.39 is 0 Å². The molecule has 1 aliphatic heterocycles. The third-order valence-corrected chi connectivity index (χ3v) is 3.55. The topological polar surface area (TPSA) is 33.7 Å². The zero-order chi connectivity index (χ0) is 12.3. The van der Waals surface area contributed by atoms with Gasteiger partial charge in [0.25, 0.3) is 0 Å². The molecular weight excluding hydrogens is 216 g/mol. The van der Waals surface area contributed by atoms with Crippen molar-refractivity contribution in [1.82, 2.24) is 10.2 Å². The highest BCUT2D eigenvalue weighted by molar-refractivity contribution is 4.87. The van der Waals surface area contributed by atoms with Crippen molar-refractivity contribution in [2.45, 2.75) is 44.4 Å². The first-order chi connectivity index (χ1) is 8.11. The Morgan fingerprint density at radius 3 is 2.82 bits per heavy atom. The van der Waals surface area contributed by atoms with Crippen molar-refractivity contribution in [3.8, 4) is 0 Å². The van der Waals surface area contributed by atoms with Crippen LogP contribution in [0.4, 0.5) is 0 Å². The Morgan fingerprint density at radius 2 is 2.24 bits per heavy atom. The molecule has 1 saturated carbocycles. The fraction of sp³-hybridized carbons (Fsp3) is 1.00. The van der Waals surface area contributed by atoms with E-state index in [4.69, 9.17) is 9.47 Å². The van der Waals surface area contributed by atoms with Crippen LogP contribution in [0.5, 0.6) is 0 Å². The van der Waals surface area contributed by atoms with Crippen molar-refractivity contribution in [2.24, 2.45) is 0 Å². The highest BCUT2D eigenvalue weighted by atomic mass is 16.5. The second-order valence-electron chi connectivity index (χ2n) is 5.87. The third-order valence-electron chi connectivity index (χ3n) is 3.55. The molecule has 0 aromatic carbocycles. The summed E-state index contributed by atoms with van der Waals surface area (Å²) in [6.45, 7) is 9.01. The van der Waals surface area contributed by atoms with Crippen LogP contribution in [-0.2, 0) is 9.47 Å². The molecule has 1 N–H and O–H groups in total. The standard InChI is InChI=1S/C13H26N2O2/c1-13(2)10-15(6-7-17-13)12(9-16-3)8-14-11-4-5-11/h11-12,14H,4-10H2,1-3H3. The van der Waals surface area contributed by atoms with Crippen LogP contribution in [0.3, 0.4) is 0 Å². The van der Waals surface area contributed by atoms with E-state index in [1.807, 2.05) is 0 Å². The molecular formula is C13H26N2O2. The maximum Gasteiger partial charge on any atom is 0.0753 e. The van der Waals surface area contributed by atoms with Gasteiger partial charge < -0.3 is 14.8 Å². The molecule has 0 spiro atoms. The molecule has 0 amide bonds. The molecule has 0 radical (unpaired) electrons. The van der Waals surface area contributed by atoms with Crippen LogP contribution in [-0.4, -0.2) is 62.5 Å². The molecule has 4 heteroatoms. The second kappa shape index (κ2) is 5.65. The van der Waals surface area contributed by atoms with E-state index in [-0.39, 0.29) is 5.60 Å². The molecule has 2 rings (SSSR count). The molecule has 0 aromatic rings. The predicted molar refractivity (Wildman–Crippen MR) is 68.3 cm³/mol. The molecule has 2 fully saturated rings. The molecule has 2 aliphatic rings. The largest absolute Gasteiger partial charge is 0.383 e. The Balaban J connectivity index is 1.84. The van der Waals surface area contributed by atoms with E-state index in [0.717, 1.165) is 38.9 Å². The van der Waals surface area contributed by atoms with E-state index in [1.54, 1.807) is 7.11 Å². The zero-order valence-electron chi connectivity index (χ0n) is 11.4. The molecule has 0 bridgehead atoms. The predicted octanol–water partition coefficient (Wildman–Crippen LogP) is 0.864. The monoisotopic (exact) mass is 242 g/mol. The van der Waals surface area contributed by atoms with E-state index in [1.165, 1.54) is 12.8 Å². The molecule has 1 heterocycles. The minimum absolute atomic E-state index is 0.0240. The van der Waals surface area contributed by atoms with Crippen LogP contribution in [0.2, 0.25) is 0 Å². The molecule has 1 unspecified atom stereocenters. The number of ether oxygens (including phenoxy) is 2. The van der Waals surface area contributed by atoms with E-state index in [0.29, 0.717) is 6.04 Å². The summed E-state index contributed by atoms with van der Waals surface area (Å²) in [5.41, 5.74) is -0.0240. The number of morpholine rings is 1. The molecule has 1 saturated heterocycles. The van der Waals surface area contributed by atoms with Gasteiger partial charge in [0.1, 0.15) is 0 Å². The van der Waals surface area contributed by atoms with Gasteiger partial charge in [0.15, 0.2) is 0 Å². The molecule has 100 valence electrons. The summed E-state index contributed by atoms with van der Waals surface area (Å²) < 4.78 is 11.1. The number of hydrogen-bond acceptors (Lipinski definition) is 4. The van der Waals surface area contributed by atoms with Gasteiger partial charge in [0.2, 0.25) is 0 Å².